The monoisotopic (exact) mass is 310 g/mol. The highest BCUT2D eigenvalue weighted by Crippen LogP contribution is 2.30. The van der Waals surface area contributed by atoms with Crippen LogP contribution < -0.4 is 15.0 Å². The van der Waals surface area contributed by atoms with E-state index in [0.717, 1.165) is 0 Å². The highest BCUT2D eigenvalue weighted by molar-refractivity contribution is 7.71. The molecule has 0 aliphatic rings. The fraction of sp³-hybridized carbons (Fsp3) is 0.429. The van der Waals surface area contributed by atoms with Gasteiger partial charge >= 0.3 is 0 Å². The molecule has 1 aromatic carbocycles. The molecule has 0 saturated heterocycles. The van der Waals surface area contributed by atoms with Crippen molar-refractivity contribution in [3.8, 4) is 11.5 Å². The molecule has 0 aliphatic heterocycles. The third-order valence-corrected chi connectivity index (χ3v) is 3.78. The maximum absolute atomic E-state index is 12.6. The van der Waals surface area contributed by atoms with E-state index in [1.807, 2.05) is 6.92 Å². The Balaban J connectivity index is 2.82. The Morgan fingerprint density at radius 1 is 1.33 bits per heavy atom. The number of H-pyrrole nitrogens is 1. The van der Waals surface area contributed by atoms with E-state index in [0.29, 0.717) is 28.8 Å². The van der Waals surface area contributed by atoms with Gasteiger partial charge in [0.05, 0.1) is 37.8 Å². The van der Waals surface area contributed by atoms with E-state index in [9.17, 15) is 9.90 Å². The normalized spacial score (nSPS) is 12.4. The average Bonchev–Trinajstić information content (AvgIpc) is 2.50. The lowest BCUT2D eigenvalue weighted by molar-refractivity contribution is 0.220. The number of nitrogens with one attached hydrogen (secondary N) is 1. The van der Waals surface area contributed by atoms with E-state index in [1.165, 1.54) is 18.8 Å². The van der Waals surface area contributed by atoms with Crippen molar-refractivity contribution >= 4 is 23.1 Å². The van der Waals surface area contributed by atoms with Gasteiger partial charge in [0.25, 0.3) is 5.56 Å². The van der Waals surface area contributed by atoms with Crippen molar-refractivity contribution in [2.24, 2.45) is 0 Å². The van der Waals surface area contributed by atoms with Crippen LogP contribution in [0.1, 0.15) is 19.4 Å². The second-order valence-electron chi connectivity index (χ2n) is 4.60. The summed E-state index contributed by atoms with van der Waals surface area (Å²) in [6.07, 6.45) is 0.604. The minimum absolute atomic E-state index is 0.146. The van der Waals surface area contributed by atoms with Gasteiger partial charge in [0.2, 0.25) is 0 Å². The first-order valence-electron chi connectivity index (χ1n) is 6.58. The molecule has 0 spiro atoms. The lowest BCUT2D eigenvalue weighted by atomic mass is 10.2. The van der Waals surface area contributed by atoms with Gasteiger partial charge in [0.15, 0.2) is 16.3 Å². The van der Waals surface area contributed by atoms with Crippen molar-refractivity contribution in [3.63, 3.8) is 0 Å². The molecular weight excluding hydrogens is 292 g/mol. The molecule has 2 N–H and O–H groups in total. The average molecular weight is 310 g/mol. The number of methoxy groups -OCH3 is 2. The van der Waals surface area contributed by atoms with Crippen LogP contribution in [0.5, 0.6) is 11.5 Å². The molecule has 1 heterocycles. The summed E-state index contributed by atoms with van der Waals surface area (Å²) in [4.78, 5) is 15.7. The Hall–Kier alpha value is -1.86. The van der Waals surface area contributed by atoms with Crippen LogP contribution in [-0.2, 0) is 0 Å². The highest BCUT2D eigenvalue weighted by Gasteiger charge is 2.16. The van der Waals surface area contributed by atoms with Crippen molar-refractivity contribution in [2.75, 3.05) is 20.8 Å². The molecule has 7 heteroatoms. The number of hydrogen-bond donors (Lipinski definition) is 2. The van der Waals surface area contributed by atoms with Crippen LogP contribution in [0.25, 0.3) is 10.9 Å². The lowest BCUT2D eigenvalue weighted by Crippen LogP contribution is -2.28. The Kier molecular flexibility index (Phi) is 4.64. The zero-order valence-corrected chi connectivity index (χ0v) is 13.0. The van der Waals surface area contributed by atoms with E-state index in [1.54, 1.807) is 12.1 Å². The SMILES string of the molecule is CC[C@H](CO)n1c(=S)[nH]c2cc(OC)c(OC)cc2c1=O. The maximum Gasteiger partial charge on any atom is 0.262 e. The molecule has 114 valence electrons. The summed E-state index contributed by atoms with van der Waals surface area (Å²) in [5, 5.41) is 9.86. The van der Waals surface area contributed by atoms with Crippen molar-refractivity contribution in [1.82, 2.24) is 9.55 Å². The minimum Gasteiger partial charge on any atom is -0.493 e. The molecule has 0 aliphatic carbocycles. The second kappa shape index (κ2) is 6.28. The van der Waals surface area contributed by atoms with Crippen LogP contribution in [0.4, 0.5) is 0 Å². The van der Waals surface area contributed by atoms with Gasteiger partial charge in [-0.1, -0.05) is 6.92 Å². The quantitative estimate of drug-likeness (QED) is 0.826. The molecule has 0 bridgehead atoms. The van der Waals surface area contributed by atoms with E-state index < -0.39 is 0 Å². The number of aromatic nitrogens is 2. The van der Waals surface area contributed by atoms with E-state index >= 15 is 0 Å². The first-order valence-corrected chi connectivity index (χ1v) is 6.99. The summed E-state index contributed by atoms with van der Waals surface area (Å²) in [6, 6.07) is 2.94. The number of aliphatic hydroxyl groups excluding tert-OH is 1. The predicted molar refractivity (Wildman–Crippen MR) is 82.9 cm³/mol. The summed E-state index contributed by atoms with van der Waals surface area (Å²) in [7, 11) is 3.04. The molecule has 2 aromatic rings. The van der Waals surface area contributed by atoms with Crippen LogP contribution in [0.15, 0.2) is 16.9 Å². The van der Waals surface area contributed by atoms with E-state index in [4.69, 9.17) is 21.7 Å². The highest BCUT2D eigenvalue weighted by atomic mass is 32.1. The van der Waals surface area contributed by atoms with Gasteiger partial charge in [-0.05, 0) is 24.7 Å². The molecular formula is C14H18N2O4S. The fourth-order valence-corrected chi connectivity index (χ4v) is 2.62. The maximum atomic E-state index is 12.6. The van der Waals surface area contributed by atoms with Crippen LogP contribution >= 0.6 is 12.2 Å². The summed E-state index contributed by atoms with van der Waals surface area (Å²) >= 11 is 5.24. The Morgan fingerprint density at radius 3 is 2.48 bits per heavy atom. The first kappa shape index (κ1) is 15.5. The summed E-state index contributed by atoms with van der Waals surface area (Å²) in [5.74, 6) is 0.984. The van der Waals surface area contributed by atoms with Gasteiger partial charge in [-0.15, -0.1) is 0 Å². The van der Waals surface area contributed by atoms with E-state index in [2.05, 4.69) is 4.98 Å². The predicted octanol–water partition coefficient (Wildman–Crippen LogP) is 2.02. The number of ether oxygens (including phenoxy) is 2. The van der Waals surface area contributed by atoms with Crippen molar-refractivity contribution in [1.29, 1.82) is 0 Å². The molecule has 6 nitrogen and oxygen atoms in total. The van der Waals surface area contributed by atoms with Gasteiger partial charge in [-0.2, -0.15) is 0 Å². The summed E-state index contributed by atoms with van der Waals surface area (Å²) < 4.78 is 12.1. The smallest absolute Gasteiger partial charge is 0.262 e. The molecule has 1 atom stereocenters. The molecule has 0 amide bonds. The van der Waals surface area contributed by atoms with Gasteiger partial charge in [0.1, 0.15) is 0 Å². The Bertz CT molecular complexity index is 762. The third-order valence-electron chi connectivity index (χ3n) is 3.48. The zero-order valence-electron chi connectivity index (χ0n) is 12.2. The first-order chi connectivity index (χ1) is 10.1. The van der Waals surface area contributed by atoms with E-state index in [-0.39, 0.29) is 23.0 Å². The van der Waals surface area contributed by atoms with Crippen LogP contribution in [0, 0.1) is 4.77 Å². The molecule has 2 rings (SSSR count). The molecule has 0 saturated carbocycles. The molecule has 0 unspecified atom stereocenters. The van der Waals surface area contributed by atoms with Gasteiger partial charge in [-0.3, -0.25) is 9.36 Å². The Labute approximate surface area is 126 Å². The number of fused-ring (bicyclic) bond motifs is 1. The van der Waals surface area contributed by atoms with Crippen LogP contribution in [0.3, 0.4) is 0 Å². The molecule has 0 fully saturated rings. The second-order valence-corrected chi connectivity index (χ2v) is 4.99. The van der Waals surface area contributed by atoms with Gasteiger partial charge < -0.3 is 19.6 Å². The van der Waals surface area contributed by atoms with Crippen LogP contribution in [0.2, 0.25) is 0 Å². The molecule has 1 aromatic heterocycles. The Morgan fingerprint density at radius 2 is 1.95 bits per heavy atom. The lowest BCUT2D eigenvalue weighted by Gasteiger charge is -2.17. The van der Waals surface area contributed by atoms with Crippen molar-refractivity contribution < 1.29 is 14.6 Å². The minimum atomic E-state index is -0.348. The van der Waals surface area contributed by atoms with Crippen molar-refractivity contribution in [3.05, 3.63) is 27.3 Å². The molecule has 0 radical (unpaired) electrons. The van der Waals surface area contributed by atoms with Gasteiger partial charge in [-0.25, -0.2) is 0 Å². The largest absolute Gasteiger partial charge is 0.493 e. The third kappa shape index (κ3) is 2.66. The molecule has 21 heavy (non-hydrogen) atoms. The topological polar surface area (TPSA) is 76.5 Å². The standard InChI is InChI=1S/C14H18N2O4S/c1-4-8(7-17)16-13(18)9-5-11(19-2)12(20-3)6-10(9)15-14(16)21/h5-6,8,17H,4,7H2,1-3H3,(H,15,21)/t8-/m1/s1. The number of aliphatic hydroxyl groups is 1. The zero-order chi connectivity index (χ0) is 15.6. The van der Waals surface area contributed by atoms with Gasteiger partial charge in [0, 0.05) is 6.07 Å². The number of hydrogen-bond acceptors (Lipinski definition) is 5. The fourth-order valence-electron chi connectivity index (χ4n) is 2.28. The summed E-state index contributed by atoms with van der Waals surface area (Å²) in [5.41, 5.74) is 0.322. The number of benzene rings is 1. The van der Waals surface area contributed by atoms with Crippen molar-refractivity contribution in [2.45, 2.75) is 19.4 Å². The summed E-state index contributed by atoms with van der Waals surface area (Å²) in [6.45, 7) is 1.74. The number of aromatic amines is 1. The number of nitrogens with zero attached hydrogens (tertiary/aromatic N) is 1. The van der Waals surface area contributed by atoms with Crippen LogP contribution in [-0.4, -0.2) is 35.5 Å². The number of rotatable bonds is 5.